The summed E-state index contributed by atoms with van der Waals surface area (Å²) in [6, 6.07) is 21.1. The van der Waals surface area contributed by atoms with Crippen molar-refractivity contribution in [3.05, 3.63) is 82.9 Å². The number of para-hydroxylation sites is 1. The molecule has 0 saturated heterocycles. The molecule has 0 atom stereocenters. The maximum Gasteiger partial charge on any atom is 0.261 e. The van der Waals surface area contributed by atoms with E-state index in [1.807, 2.05) is 67.6 Å². The van der Waals surface area contributed by atoms with Crippen LogP contribution < -0.4 is 10.9 Å². The zero-order valence-corrected chi connectivity index (χ0v) is 15.7. The van der Waals surface area contributed by atoms with E-state index in [1.165, 1.54) is 0 Å². The van der Waals surface area contributed by atoms with E-state index in [9.17, 15) is 9.59 Å². The smallest absolute Gasteiger partial charge is 0.261 e. The normalized spacial score (nSPS) is 11.0. The van der Waals surface area contributed by atoms with Crippen molar-refractivity contribution in [1.29, 1.82) is 0 Å². The molecule has 1 heterocycles. The molecular weight excluding hydrogens is 350 g/mol. The second-order valence-electron chi connectivity index (χ2n) is 6.81. The standard InChI is InChI=1S/C23H21N3O2/c1-16-24-21-12-5-4-11-19(21)23(28)26(16)15-7-14-22(27)25-20-13-6-9-17-8-2-3-10-18(17)20/h2-6,8-13H,7,14-15H2,1H3,(H,25,27). The topological polar surface area (TPSA) is 64.0 Å². The summed E-state index contributed by atoms with van der Waals surface area (Å²) in [5.41, 5.74) is 1.45. The largest absolute Gasteiger partial charge is 0.326 e. The Balaban J connectivity index is 1.45. The van der Waals surface area contributed by atoms with Crippen molar-refractivity contribution in [2.24, 2.45) is 0 Å². The van der Waals surface area contributed by atoms with Crippen molar-refractivity contribution in [3.63, 3.8) is 0 Å². The summed E-state index contributed by atoms with van der Waals surface area (Å²) in [7, 11) is 0. The Morgan fingerprint density at radius 3 is 2.54 bits per heavy atom. The van der Waals surface area contributed by atoms with Crippen LogP contribution >= 0.6 is 0 Å². The molecular formula is C23H21N3O2. The number of aryl methyl sites for hydroxylation is 1. The molecule has 140 valence electrons. The van der Waals surface area contributed by atoms with Crippen LogP contribution in [0.5, 0.6) is 0 Å². The first kappa shape index (κ1) is 17.9. The van der Waals surface area contributed by atoms with Gasteiger partial charge in [0.2, 0.25) is 5.91 Å². The quantitative estimate of drug-likeness (QED) is 0.570. The van der Waals surface area contributed by atoms with Gasteiger partial charge in [-0.25, -0.2) is 4.98 Å². The highest BCUT2D eigenvalue weighted by Gasteiger charge is 2.09. The summed E-state index contributed by atoms with van der Waals surface area (Å²) in [6.07, 6.45) is 0.902. The van der Waals surface area contributed by atoms with Gasteiger partial charge in [0, 0.05) is 24.0 Å². The molecule has 0 spiro atoms. The molecule has 1 N–H and O–H groups in total. The molecule has 4 aromatic rings. The lowest BCUT2D eigenvalue weighted by molar-refractivity contribution is -0.116. The molecule has 0 radical (unpaired) electrons. The van der Waals surface area contributed by atoms with Gasteiger partial charge in [-0.1, -0.05) is 48.5 Å². The highest BCUT2D eigenvalue weighted by atomic mass is 16.1. The molecule has 0 saturated carbocycles. The zero-order valence-electron chi connectivity index (χ0n) is 15.7. The van der Waals surface area contributed by atoms with E-state index in [4.69, 9.17) is 0 Å². The number of nitrogens with one attached hydrogen (secondary N) is 1. The fourth-order valence-electron chi connectivity index (χ4n) is 3.49. The Kier molecular flexibility index (Phi) is 4.89. The number of hydrogen-bond acceptors (Lipinski definition) is 3. The Bertz CT molecular complexity index is 1220. The predicted octanol–water partition coefficient (Wildman–Crippen LogP) is 4.28. The van der Waals surface area contributed by atoms with Gasteiger partial charge >= 0.3 is 0 Å². The molecule has 0 fully saturated rings. The average Bonchev–Trinajstić information content (AvgIpc) is 2.71. The fourth-order valence-corrected chi connectivity index (χ4v) is 3.49. The van der Waals surface area contributed by atoms with Crippen LogP contribution in [0.25, 0.3) is 21.7 Å². The van der Waals surface area contributed by atoms with E-state index in [-0.39, 0.29) is 11.5 Å². The molecule has 5 heteroatoms. The molecule has 5 nitrogen and oxygen atoms in total. The minimum absolute atomic E-state index is 0.0578. The average molecular weight is 371 g/mol. The van der Waals surface area contributed by atoms with Gasteiger partial charge < -0.3 is 5.32 Å². The van der Waals surface area contributed by atoms with Crippen molar-refractivity contribution < 1.29 is 4.79 Å². The predicted molar refractivity (Wildman–Crippen MR) is 113 cm³/mol. The van der Waals surface area contributed by atoms with E-state index in [1.54, 1.807) is 10.6 Å². The molecule has 0 bridgehead atoms. The number of carbonyl (C=O) groups is 1. The van der Waals surface area contributed by atoms with Gasteiger partial charge in [0.15, 0.2) is 0 Å². The Labute approximate surface area is 162 Å². The Hall–Kier alpha value is -3.47. The molecule has 0 unspecified atom stereocenters. The van der Waals surface area contributed by atoms with Crippen molar-refractivity contribution in [2.45, 2.75) is 26.3 Å². The summed E-state index contributed by atoms with van der Waals surface area (Å²) >= 11 is 0. The molecule has 1 aromatic heterocycles. The number of aromatic nitrogens is 2. The van der Waals surface area contributed by atoms with Gasteiger partial charge in [-0.3, -0.25) is 14.2 Å². The highest BCUT2D eigenvalue weighted by Crippen LogP contribution is 2.23. The van der Waals surface area contributed by atoms with Gasteiger partial charge in [-0.2, -0.15) is 0 Å². The third-order valence-electron chi connectivity index (χ3n) is 4.90. The number of hydrogen-bond donors (Lipinski definition) is 1. The molecule has 1 amide bonds. The van der Waals surface area contributed by atoms with Gasteiger partial charge in [-0.05, 0) is 36.9 Å². The maximum atomic E-state index is 12.7. The van der Waals surface area contributed by atoms with Gasteiger partial charge in [0.1, 0.15) is 5.82 Å². The van der Waals surface area contributed by atoms with E-state index in [2.05, 4.69) is 10.3 Å². The molecule has 4 rings (SSSR count). The van der Waals surface area contributed by atoms with Crippen LogP contribution in [-0.2, 0) is 11.3 Å². The Morgan fingerprint density at radius 2 is 1.68 bits per heavy atom. The van der Waals surface area contributed by atoms with E-state index >= 15 is 0 Å². The first-order valence-corrected chi connectivity index (χ1v) is 9.37. The molecule has 0 aliphatic carbocycles. The second-order valence-corrected chi connectivity index (χ2v) is 6.81. The summed E-state index contributed by atoms with van der Waals surface area (Å²) < 4.78 is 1.65. The third-order valence-corrected chi connectivity index (χ3v) is 4.90. The number of nitrogens with zero attached hydrogens (tertiary/aromatic N) is 2. The number of amides is 1. The Morgan fingerprint density at radius 1 is 0.964 bits per heavy atom. The van der Waals surface area contributed by atoms with E-state index in [0.29, 0.717) is 36.1 Å². The maximum absolute atomic E-state index is 12.7. The van der Waals surface area contributed by atoms with Crippen LogP contribution in [0, 0.1) is 6.92 Å². The van der Waals surface area contributed by atoms with Crippen molar-refractivity contribution in [2.75, 3.05) is 5.32 Å². The summed E-state index contributed by atoms with van der Waals surface area (Å²) in [5.74, 6) is 0.606. The fraction of sp³-hybridized carbons (Fsp3) is 0.174. The number of carbonyl (C=O) groups excluding carboxylic acids is 1. The lowest BCUT2D eigenvalue weighted by Crippen LogP contribution is -2.24. The lowest BCUT2D eigenvalue weighted by Gasteiger charge is -2.11. The van der Waals surface area contributed by atoms with E-state index < -0.39 is 0 Å². The van der Waals surface area contributed by atoms with Crippen molar-refractivity contribution >= 4 is 33.3 Å². The van der Waals surface area contributed by atoms with Gasteiger partial charge in [0.05, 0.1) is 10.9 Å². The summed E-state index contributed by atoms with van der Waals surface area (Å²) in [6.45, 7) is 2.29. The summed E-state index contributed by atoms with van der Waals surface area (Å²) in [4.78, 5) is 29.6. The number of benzene rings is 3. The molecule has 28 heavy (non-hydrogen) atoms. The molecule has 3 aromatic carbocycles. The first-order chi connectivity index (χ1) is 13.6. The van der Waals surface area contributed by atoms with Gasteiger partial charge in [0.25, 0.3) is 5.56 Å². The van der Waals surface area contributed by atoms with Crippen LogP contribution in [0.15, 0.2) is 71.5 Å². The van der Waals surface area contributed by atoms with Crippen LogP contribution in [0.1, 0.15) is 18.7 Å². The van der Waals surface area contributed by atoms with Crippen LogP contribution in [0.3, 0.4) is 0 Å². The second kappa shape index (κ2) is 7.64. The summed E-state index contributed by atoms with van der Waals surface area (Å²) in [5, 5.41) is 5.70. The number of fused-ring (bicyclic) bond motifs is 2. The molecule has 0 aliphatic heterocycles. The minimum atomic E-state index is -0.0594. The van der Waals surface area contributed by atoms with E-state index in [0.717, 1.165) is 16.5 Å². The molecule has 0 aliphatic rings. The third kappa shape index (κ3) is 3.51. The van der Waals surface area contributed by atoms with Crippen molar-refractivity contribution in [1.82, 2.24) is 9.55 Å². The SMILES string of the molecule is Cc1nc2ccccc2c(=O)n1CCCC(=O)Nc1cccc2ccccc12. The zero-order chi connectivity index (χ0) is 19.5. The number of anilines is 1. The first-order valence-electron chi connectivity index (χ1n) is 9.37. The van der Waals surface area contributed by atoms with Crippen molar-refractivity contribution in [3.8, 4) is 0 Å². The lowest BCUT2D eigenvalue weighted by atomic mass is 10.1. The van der Waals surface area contributed by atoms with Crippen LogP contribution in [0.2, 0.25) is 0 Å². The monoisotopic (exact) mass is 371 g/mol. The van der Waals surface area contributed by atoms with Crippen LogP contribution in [0.4, 0.5) is 5.69 Å². The minimum Gasteiger partial charge on any atom is -0.326 e. The number of rotatable bonds is 5. The van der Waals surface area contributed by atoms with Crippen LogP contribution in [-0.4, -0.2) is 15.5 Å². The van der Waals surface area contributed by atoms with Gasteiger partial charge in [-0.15, -0.1) is 0 Å². The highest BCUT2D eigenvalue weighted by molar-refractivity contribution is 6.02.